The summed E-state index contributed by atoms with van der Waals surface area (Å²) in [4.78, 5) is -1.16. The zero-order chi connectivity index (χ0) is 20.1. The molecule has 0 amide bonds. The van der Waals surface area contributed by atoms with Gasteiger partial charge >= 0.3 is 16.9 Å². The average molecular weight is 488 g/mol. The molecule has 2 rings (SSSR count). The molecule has 0 fully saturated rings. The van der Waals surface area contributed by atoms with Gasteiger partial charge in [-0.3, -0.25) is 0 Å². The first-order valence-electron chi connectivity index (χ1n) is 6.69. The Hall–Kier alpha value is -1.00. The number of imidazole rings is 1. The summed E-state index contributed by atoms with van der Waals surface area (Å²) in [5.41, 5.74) is -1.65. The highest BCUT2D eigenvalue weighted by molar-refractivity contribution is 9.10. The van der Waals surface area contributed by atoms with Crippen LogP contribution in [-0.2, 0) is 12.3 Å². The topological polar surface area (TPSA) is 17.8 Å². The minimum atomic E-state index is -4.64. The molecule has 26 heavy (non-hydrogen) atoms. The van der Waals surface area contributed by atoms with Gasteiger partial charge in [-0.15, -0.1) is 0 Å². The van der Waals surface area contributed by atoms with Crippen LogP contribution in [0, 0.1) is 6.92 Å². The zero-order valence-electron chi connectivity index (χ0n) is 12.6. The first kappa shape index (κ1) is 21.3. The number of aromatic nitrogens is 2. The Kier molecular flexibility index (Phi) is 5.63. The quantitative estimate of drug-likeness (QED) is 0.348. The normalized spacial score (nSPS) is 13.3. The Morgan fingerprint density at radius 1 is 1.04 bits per heavy atom. The third-order valence-electron chi connectivity index (χ3n) is 3.28. The molecule has 1 aromatic heterocycles. The fourth-order valence-corrected chi connectivity index (χ4v) is 3.09. The van der Waals surface area contributed by atoms with Crippen molar-refractivity contribution in [2.24, 2.45) is 0 Å². The second-order valence-electron chi connectivity index (χ2n) is 5.32. The number of hydrogen-bond acceptors (Lipinski definition) is 1. The van der Waals surface area contributed by atoms with Crippen molar-refractivity contribution in [2.45, 2.75) is 30.3 Å². The predicted molar refractivity (Wildman–Crippen MR) is 85.8 cm³/mol. The summed E-state index contributed by atoms with van der Waals surface area (Å²) in [6, 6.07) is 1.93. The van der Waals surface area contributed by atoms with Crippen LogP contribution in [0.4, 0.5) is 30.7 Å². The summed E-state index contributed by atoms with van der Waals surface area (Å²) in [6.07, 6.45) is -5.20. The number of aryl methyl sites for hydroxylation is 1. The lowest BCUT2D eigenvalue weighted by molar-refractivity contribution is -0.156. The lowest BCUT2D eigenvalue weighted by atomic mass is 10.1. The van der Waals surface area contributed by atoms with E-state index in [2.05, 4.69) is 4.98 Å². The van der Waals surface area contributed by atoms with Gasteiger partial charge in [0, 0.05) is 6.20 Å². The van der Waals surface area contributed by atoms with Crippen LogP contribution in [0.1, 0.15) is 17.1 Å². The van der Waals surface area contributed by atoms with Crippen LogP contribution in [0.25, 0.3) is 5.69 Å². The SMILES string of the molecule is Cc1nc(C(F)(F)C(F)(F)Br)cn1-c1c(Cl)cc(CC(F)(F)F)cc1Cl. The number of rotatable bonds is 4. The van der Waals surface area contributed by atoms with E-state index in [1.54, 1.807) is 15.9 Å². The third kappa shape index (κ3) is 4.28. The van der Waals surface area contributed by atoms with Crippen molar-refractivity contribution in [1.82, 2.24) is 9.55 Å². The van der Waals surface area contributed by atoms with Gasteiger partial charge in [-0.05, 0) is 40.5 Å². The van der Waals surface area contributed by atoms with Crippen LogP contribution < -0.4 is 0 Å². The summed E-state index contributed by atoms with van der Waals surface area (Å²) >= 11 is 13.5. The van der Waals surface area contributed by atoms with Crippen LogP contribution in [0.15, 0.2) is 18.3 Å². The van der Waals surface area contributed by atoms with Crippen LogP contribution in [-0.4, -0.2) is 20.6 Å². The Labute approximate surface area is 161 Å². The molecule has 0 N–H and O–H groups in total. The molecule has 0 saturated carbocycles. The number of benzene rings is 1. The van der Waals surface area contributed by atoms with E-state index in [1.165, 1.54) is 6.92 Å². The van der Waals surface area contributed by atoms with Gasteiger partial charge in [-0.1, -0.05) is 23.2 Å². The minimum Gasteiger partial charge on any atom is -0.300 e. The first-order chi connectivity index (χ1) is 11.6. The first-order valence-corrected chi connectivity index (χ1v) is 8.24. The lowest BCUT2D eigenvalue weighted by Gasteiger charge is -2.19. The third-order valence-corrected chi connectivity index (χ3v) is 4.36. The maximum atomic E-state index is 13.8. The molecule has 0 saturated heterocycles. The summed E-state index contributed by atoms with van der Waals surface area (Å²) in [7, 11) is 0. The average Bonchev–Trinajstić information content (AvgIpc) is 2.77. The van der Waals surface area contributed by atoms with Gasteiger partial charge in [0.15, 0.2) is 0 Å². The monoisotopic (exact) mass is 486 g/mol. The molecule has 1 aromatic carbocycles. The highest BCUT2D eigenvalue weighted by atomic mass is 79.9. The summed E-state index contributed by atoms with van der Waals surface area (Å²) in [5, 5.41) is -0.560. The molecular weight excluding hydrogens is 480 g/mol. The van der Waals surface area contributed by atoms with E-state index in [0.717, 1.165) is 16.7 Å². The van der Waals surface area contributed by atoms with E-state index in [4.69, 9.17) is 23.2 Å². The molecule has 2 nitrogen and oxygen atoms in total. The van der Waals surface area contributed by atoms with Crippen molar-refractivity contribution in [1.29, 1.82) is 0 Å². The molecule has 0 bridgehead atoms. The second kappa shape index (κ2) is 6.87. The van der Waals surface area contributed by atoms with Crippen LogP contribution >= 0.6 is 39.1 Å². The van der Waals surface area contributed by atoms with Crippen molar-refractivity contribution in [2.75, 3.05) is 0 Å². The maximum absolute atomic E-state index is 13.8. The van der Waals surface area contributed by atoms with E-state index >= 15 is 0 Å². The molecule has 0 radical (unpaired) electrons. The van der Waals surface area contributed by atoms with Gasteiger partial charge in [-0.2, -0.15) is 30.7 Å². The van der Waals surface area contributed by atoms with Gasteiger partial charge in [0.25, 0.3) is 0 Å². The van der Waals surface area contributed by atoms with Crippen molar-refractivity contribution >= 4 is 39.1 Å². The standard InChI is InChI=1S/C14H8BrCl2F7N2/c1-6-25-10(13(21,22)14(15,23)24)5-26(6)11-8(16)2-7(3-9(11)17)4-12(18,19)20/h2-3,5H,4H2,1H3. The highest BCUT2D eigenvalue weighted by Gasteiger charge is 2.57. The minimum absolute atomic E-state index is 0.149. The van der Waals surface area contributed by atoms with E-state index < -0.39 is 29.0 Å². The van der Waals surface area contributed by atoms with Gasteiger partial charge in [0.05, 0.1) is 22.2 Å². The largest absolute Gasteiger partial charge is 0.393 e. The summed E-state index contributed by atoms with van der Waals surface area (Å²) in [6.45, 7) is 1.22. The Morgan fingerprint density at radius 3 is 1.96 bits per heavy atom. The van der Waals surface area contributed by atoms with E-state index in [1.807, 2.05) is 0 Å². The molecule has 12 heteroatoms. The number of hydrogen-bond donors (Lipinski definition) is 0. The molecule has 0 aliphatic rings. The van der Waals surface area contributed by atoms with Gasteiger partial charge in [0.1, 0.15) is 11.5 Å². The smallest absolute Gasteiger partial charge is 0.300 e. The molecule has 0 atom stereocenters. The summed E-state index contributed by atoms with van der Waals surface area (Å²) < 4.78 is 92.0. The van der Waals surface area contributed by atoms with Crippen molar-refractivity contribution in [3.8, 4) is 5.69 Å². The number of halogens is 10. The zero-order valence-corrected chi connectivity index (χ0v) is 15.7. The molecule has 0 aliphatic carbocycles. The predicted octanol–water partition coefficient (Wildman–Crippen LogP) is 6.67. The van der Waals surface area contributed by atoms with E-state index in [0.29, 0.717) is 6.20 Å². The fourth-order valence-electron chi connectivity index (χ4n) is 2.18. The van der Waals surface area contributed by atoms with Crippen molar-refractivity contribution < 1.29 is 30.7 Å². The van der Waals surface area contributed by atoms with E-state index in [-0.39, 0.29) is 27.1 Å². The van der Waals surface area contributed by atoms with Crippen LogP contribution in [0.2, 0.25) is 10.0 Å². The van der Waals surface area contributed by atoms with E-state index in [9.17, 15) is 30.7 Å². The molecule has 0 spiro atoms. The van der Waals surface area contributed by atoms with Crippen LogP contribution in [0.3, 0.4) is 0 Å². The Balaban J connectivity index is 2.54. The van der Waals surface area contributed by atoms with Crippen LogP contribution in [0.5, 0.6) is 0 Å². The van der Waals surface area contributed by atoms with Crippen molar-refractivity contribution in [3.05, 3.63) is 45.5 Å². The van der Waals surface area contributed by atoms with Gasteiger partial charge in [0.2, 0.25) is 0 Å². The molecule has 0 unspecified atom stereocenters. The Morgan fingerprint density at radius 2 is 1.54 bits per heavy atom. The number of nitrogens with zero attached hydrogens (tertiary/aromatic N) is 2. The molecule has 1 heterocycles. The second-order valence-corrected chi connectivity index (χ2v) is 7.13. The maximum Gasteiger partial charge on any atom is 0.393 e. The fraction of sp³-hybridized carbons (Fsp3) is 0.357. The molecule has 144 valence electrons. The molecule has 0 aliphatic heterocycles. The highest BCUT2D eigenvalue weighted by Crippen LogP contribution is 2.47. The van der Waals surface area contributed by atoms with Crippen molar-refractivity contribution in [3.63, 3.8) is 0 Å². The van der Waals surface area contributed by atoms with Gasteiger partial charge < -0.3 is 4.57 Å². The summed E-state index contributed by atoms with van der Waals surface area (Å²) in [5.74, 6) is -4.80. The lowest BCUT2D eigenvalue weighted by Crippen LogP contribution is -2.32. The number of alkyl halides is 8. The Bertz CT molecular complexity index is 805. The van der Waals surface area contributed by atoms with Gasteiger partial charge in [-0.25, -0.2) is 4.98 Å². The molecule has 2 aromatic rings. The molecular formula is C14H8BrCl2F7N2.